The molecular formula is C27H27N3O6. The van der Waals surface area contributed by atoms with Crippen LogP contribution in [0.15, 0.2) is 53.1 Å². The molecule has 1 N–H and O–H groups in total. The van der Waals surface area contributed by atoms with E-state index in [-0.39, 0.29) is 18.1 Å². The highest BCUT2D eigenvalue weighted by atomic mass is 16.5. The molecule has 9 heteroatoms. The molecule has 1 aromatic heterocycles. The van der Waals surface area contributed by atoms with Gasteiger partial charge in [-0.25, -0.2) is 4.79 Å². The second-order valence-corrected chi connectivity index (χ2v) is 9.13. The first-order valence-electron chi connectivity index (χ1n) is 11.9. The van der Waals surface area contributed by atoms with Gasteiger partial charge in [0, 0.05) is 0 Å². The third-order valence-corrected chi connectivity index (χ3v) is 6.88. The van der Waals surface area contributed by atoms with Crippen molar-refractivity contribution in [1.29, 1.82) is 0 Å². The van der Waals surface area contributed by atoms with Gasteiger partial charge in [0.2, 0.25) is 0 Å². The number of anilines is 2. The predicted octanol–water partition coefficient (Wildman–Crippen LogP) is 4.33. The van der Waals surface area contributed by atoms with Crippen molar-refractivity contribution >= 4 is 29.2 Å². The summed E-state index contributed by atoms with van der Waals surface area (Å²) in [5.41, 5.74) is 2.09. The maximum atomic E-state index is 13.4. The maximum Gasteiger partial charge on any atom is 0.338 e. The molecule has 5 rings (SSSR count). The zero-order chi connectivity index (χ0) is 25.3. The van der Waals surface area contributed by atoms with Crippen LogP contribution in [0.3, 0.4) is 0 Å². The van der Waals surface area contributed by atoms with Crippen LogP contribution in [0.1, 0.15) is 53.1 Å². The predicted molar refractivity (Wildman–Crippen MR) is 131 cm³/mol. The number of hydrogen-bond donors (Lipinski definition) is 1. The summed E-state index contributed by atoms with van der Waals surface area (Å²) in [5.74, 6) is -0.127. The number of rotatable bonds is 6. The molecule has 186 valence electrons. The van der Waals surface area contributed by atoms with Gasteiger partial charge in [-0.15, -0.1) is 0 Å². The Morgan fingerprint density at radius 1 is 1.11 bits per heavy atom. The fraction of sp³-hybridized carbons (Fsp3) is 0.333. The highest BCUT2D eigenvalue weighted by Gasteiger charge is 2.52. The van der Waals surface area contributed by atoms with Gasteiger partial charge in [-0.05, 0) is 57.0 Å². The first-order chi connectivity index (χ1) is 17.4. The Morgan fingerprint density at radius 2 is 1.89 bits per heavy atom. The first-order valence-corrected chi connectivity index (χ1v) is 11.9. The molecule has 1 aliphatic heterocycles. The first kappa shape index (κ1) is 23.6. The molecule has 0 bridgehead atoms. The van der Waals surface area contributed by atoms with E-state index in [9.17, 15) is 14.4 Å². The summed E-state index contributed by atoms with van der Waals surface area (Å²) in [4.78, 5) is 40.8. The number of fused-ring (bicyclic) bond motifs is 1. The summed E-state index contributed by atoms with van der Waals surface area (Å²) >= 11 is 0. The lowest BCUT2D eigenvalue weighted by molar-refractivity contribution is -0.129. The summed E-state index contributed by atoms with van der Waals surface area (Å²) in [5, 5.41) is 6.85. The summed E-state index contributed by atoms with van der Waals surface area (Å²) in [6.45, 7) is 3.41. The van der Waals surface area contributed by atoms with Crippen LogP contribution in [0.25, 0.3) is 0 Å². The third-order valence-electron chi connectivity index (χ3n) is 6.88. The average Bonchev–Trinajstić information content (AvgIpc) is 3.49. The number of carbonyl (C=O) groups is 3. The minimum Gasteiger partial charge on any atom is -0.489 e. The number of aromatic nitrogens is 1. The van der Waals surface area contributed by atoms with Crippen molar-refractivity contribution in [1.82, 2.24) is 5.16 Å². The molecule has 0 radical (unpaired) electrons. The minimum absolute atomic E-state index is 0.193. The number of ether oxygens (including phenoxy) is 2. The van der Waals surface area contributed by atoms with Crippen LogP contribution in [0.4, 0.5) is 11.4 Å². The average molecular weight is 490 g/mol. The van der Waals surface area contributed by atoms with Gasteiger partial charge in [0.05, 0.1) is 28.2 Å². The van der Waals surface area contributed by atoms with E-state index >= 15 is 0 Å². The smallest absolute Gasteiger partial charge is 0.338 e. The molecule has 1 fully saturated rings. The van der Waals surface area contributed by atoms with Crippen molar-refractivity contribution in [2.75, 3.05) is 16.8 Å². The van der Waals surface area contributed by atoms with Gasteiger partial charge < -0.3 is 19.3 Å². The van der Waals surface area contributed by atoms with Gasteiger partial charge in [0.15, 0.2) is 6.61 Å². The number of nitrogens with zero attached hydrogens (tertiary/aromatic N) is 2. The molecule has 0 atom stereocenters. The lowest BCUT2D eigenvalue weighted by Crippen LogP contribution is -2.61. The van der Waals surface area contributed by atoms with E-state index in [0.29, 0.717) is 35.7 Å². The van der Waals surface area contributed by atoms with Crippen LogP contribution in [0.5, 0.6) is 5.75 Å². The number of benzene rings is 2. The molecule has 9 nitrogen and oxygen atoms in total. The molecule has 1 spiro atoms. The topological polar surface area (TPSA) is 111 Å². The van der Waals surface area contributed by atoms with Gasteiger partial charge in [0.25, 0.3) is 11.8 Å². The Bertz CT molecular complexity index is 1310. The molecule has 2 heterocycles. The monoisotopic (exact) mass is 489 g/mol. The molecule has 36 heavy (non-hydrogen) atoms. The standard InChI is InChI=1S/C27H27N3O6/c1-17-21(18(2)36-29-17)15-34-20-9-7-8-19(14-20)25(32)35-16-24(31)30-23-11-4-3-10-22(23)28-26(33)27(30)12-5-6-13-27/h3-4,7-11,14H,5-6,12-13,15-16H2,1-2H3,(H,28,33). The number of hydrogen-bond acceptors (Lipinski definition) is 7. The Hall–Kier alpha value is -4.14. The van der Waals surface area contributed by atoms with E-state index in [1.807, 2.05) is 19.9 Å². The number of esters is 1. The number of amides is 2. The van der Waals surface area contributed by atoms with Crippen LogP contribution in [-0.4, -0.2) is 35.1 Å². The van der Waals surface area contributed by atoms with Gasteiger partial charge in [-0.3, -0.25) is 14.5 Å². The fourth-order valence-electron chi connectivity index (χ4n) is 4.98. The second kappa shape index (κ2) is 9.49. The Morgan fingerprint density at radius 3 is 2.64 bits per heavy atom. The van der Waals surface area contributed by atoms with E-state index < -0.39 is 24.0 Å². The number of para-hydroxylation sites is 2. The highest BCUT2D eigenvalue weighted by Crippen LogP contribution is 2.45. The summed E-state index contributed by atoms with van der Waals surface area (Å²) in [6.07, 6.45) is 2.83. The van der Waals surface area contributed by atoms with Crippen LogP contribution >= 0.6 is 0 Å². The quantitative estimate of drug-likeness (QED) is 0.513. The molecule has 0 saturated heterocycles. The maximum absolute atomic E-state index is 13.4. The Kier molecular flexibility index (Phi) is 6.22. The van der Waals surface area contributed by atoms with Crippen molar-refractivity contribution in [2.45, 2.75) is 51.7 Å². The van der Waals surface area contributed by atoms with Crippen LogP contribution in [0.2, 0.25) is 0 Å². The van der Waals surface area contributed by atoms with Crippen LogP contribution in [0, 0.1) is 13.8 Å². The molecule has 2 amide bonds. The molecule has 1 aliphatic carbocycles. The Labute approximate surface area is 208 Å². The SMILES string of the molecule is Cc1noc(C)c1COc1cccc(C(=O)OCC(=O)N2c3ccccc3NC(=O)C23CCCC3)c1. The van der Waals surface area contributed by atoms with Gasteiger partial charge >= 0.3 is 5.97 Å². The summed E-state index contributed by atoms with van der Waals surface area (Å²) in [6, 6.07) is 13.7. The van der Waals surface area contributed by atoms with E-state index in [4.69, 9.17) is 14.0 Å². The lowest BCUT2D eigenvalue weighted by Gasteiger charge is -2.44. The highest BCUT2D eigenvalue weighted by molar-refractivity contribution is 6.15. The lowest BCUT2D eigenvalue weighted by atomic mass is 9.90. The van der Waals surface area contributed by atoms with Crippen molar-refractivity contribution in [3.8, 4) is 5.75 Å². The fourth-order valence-corrected chi connectivity index (χ4v) is 4.98. The van der Waals surface area contributed by atoms with Crippen molar-refractivity contribution in [2.24, 2.45) is 0 Å². The number of carbonyl (C=O) groups excluding carboxylic acids is 3. The molecular weight excluding hydrogens is 462 g/mol. The minimum atomic E-state index is -0.955. The van der Waals surface area contributed by atoms with Crippen molar-refractivity contribution in [3.05, 3.63) is 71.1 Å². The van der Waals surface area contributed by atoms with Crippen LogP contribution < -0.4 is 15.0 Å². The Balaban J connectivity index is 1.28. The van der Waals surface area contributed by atoms with Crippen molar-refractivity contribution < 1.29 is 28.4 Å². The summed E-state index contributed by atoms with van der Waals surface area (Å²) in [7, 11) is 0. The van der Waals surface area contributed by atoms with Gasteiger partial charge in [-0.2, -0.15) is 0 Å². The summed E-state index contributed by atoms with van der Waals surface area (Å²) < 4.78 is 16.4. The van der Waals surface area contributed by atoms with E-state index in [2.05, 4.69) is 10.5 Å². The van der Waals surface area contributed by atoms with Gasteiger partial charge in [0.1, 0.15) is 23.7 Å². The number of nitrogens with one attached hydrogen (secondary N) is 1. The van der Waals surface area contributed by atoms with Crippen LogP contribution in [-0.2, 0) is 20.9 Å². The molecule has 2 aromatic carbocycles. The molecule has 1 saturated carbocycles. The zero-order valence-corrected chi connectivity index (χ0v) is 20.2. The normalized spacial score (nSPS) is 15.9. The molecule has 3 aromatic rings. The zero-order valence-electron chi connectivity index (χ0n) is 20.2. The van der Waals surface area contributed by atoms with E-state index in [1.165, 1.54) is 4.90 Å². The largest absolute Gasteiger partial charge is 0.489 e. The van der Waals surface area contributed by atoms with E-state index in [0.717, 1.165) is 24.1 Å². The molecule has 2 aliphatic rings. The molecule has 0 unspecified atom stereocenters. The van der Waals surface area contributed by atoms with Gasteiger partial charge in [-0.1, -0.05) is 36.2 Å². The third kappa shape index (κ3) is 4.21. The number of aryl methyl sites for hydroxylation is 2. The van der Waals surface area contributed by atoms with Crippen molar-refractivity contribution in [3.63, 3.8) is 0 Å². The second-order valence-electron chi connectivity index (χ2n) is 9.13. The van der Waals surface area contributed by atoms with E-state index in [1.54, 1.807) is 42.5 Å².